The maximum Gasteiger partial charge on any atom is 0.330 e. The van der Waals surface area contributed by atoms with Crippen LogP contribution in [0.2, 0.25) is 0 Å². The smallest absolute Gasteiger partial charge is 0.274 e. The molecule has 0 aliphatic rings. The normalized spacial score (nSPS) is 9.67. The second kappa shape index (κ2) is 14.1. The van der Waals surface area contributed by atoms with Gasteiger partial charge in [0.15, 0.2) is 0 Å². The van der Waals surface area contributed by atoms with Crippen LogP contribution in [0.5, 0.6) is 0 Å². The third-order valence-corrected chi connectivity index (χ3v) is 0. The Morgan fingerprint density at radius 2 is 0.556 bits per heavy atom. The fourth-order valence-corrected chi connectivity index (χ4v) is 0. The maximum atomic E-state index is 8.97. The first-order chi connectivity index (χ1) is 6.00. The van der Waals surface area contributed by atoms with Crippen molar-refractivity contribution in [2.24, 2.45) is 15.4 Å². The first kappa shape index (κ1) is 36.3. The third-order valence-electron chi connectivity index (χ3n) is 0. The number of hydrogen-bond acceptors (Lipinski definition) is 6. The molecule has 0 amide bonds. The molecule has 0 aromatic rings. The van der Waals surface area contributed by atoms with Crippen molar-refractivity contribution in [3.05, 3.63) is 0 Å². The summed E-state index contributed by atoms with van der Waals surface area (Å²) >= 11 is 0. The second-order valence-electron chi connectivity index (χ2n) is 1.54. The number of halogens is 2. The molecular formula is H11Cl2N3NiO9S3. The summed E-state index contributed by atoms with van der Waals surface area (Å²) in [6.45, 7) is 0. The zero-order valence-electron chi connectivity index (χ0n) is 7.88. The van der Waals surface area contributed by atoms with Gasteiger partial charge in [-0.1, -0.05) is 0 Å². The molecule has 0 aliphatic carbocycles. The Morgan fingerprint density at radius 3 is 0.556 bits per heavy atom. The summed E-state index contributed by atoms with van der Waals surface area (Å²) in [5.74, 6) is 0. The Morgan fingerprint density at radius 1 is 0.556 bits per heavy atom. The van der Waals surface area contributed by atoms with E-state index in [1.165, 1.54) is 0 Å². The topological polar surface area (TPSA) is 241 Å². The Bertz CT molecular complexity index is 356. The molecular weight excluding hydrogens is 412 g/mol. The van der Waals surface area contributed by atoms with Crippen LogP contribution in [0.1, 0.15) is 0 Å². The first-order valence-corrected chi connectivity index (χ1v) is 6.76. The molecule has 0 aromatic carbocycles. The molecule has 0 aliphatic heterocycles. The summed E-state index contributed by atoms with van der Waals surface area (Å²) in [6, 6.07) is 0. The van der Waals surface area contributed by atoms with Crippen LogP contribution >= 0.6 is 24.8 Å². The molecule has 0 saturated carbocycles. The molecule has 18 heteroatoms. The Hall–Kier alpha value is 0.684. The minimum Gasteiger partial charge on any atom is -0.274 e. The van der Waals surface area contributed by atoms with E-state index in [2.05, 4.69) is 15.4 Å². The molecule has 12 nitrogen and oxygen atoms in total. The number of hydrogen-bond donors (Lipinski definition) is 6. The van der Waals surface area contributed by atoms with Gasteiger partial charge >= 0.3 is 30.9 Å². The van der Waals surface area contributed by atoms with Gasteiger partial charge in [-0.25, -0.2) is 15.4 Å². The van der Waals surface area contributed by atoms with Gasteiger partial charge in [0, 0.05) is 16.5 Å². The van der Waals surface area contributed by atoms with Gasteiger partial charge in [-0.2, -0.15) is 25.3 Å². The van der Waals surface area contributed by atoms with Crippen molar-refractivity contribution in [2.75, 3.05) is 0 Å². The van der Waals surface area contributed by atoms with E-state index in [0.717, 1.165) is 0 Å². The number of rotatable bonds is 0. The molecule has 0 saturated heterocycles. The summed E-state index contributed by atoms with van der Waals surface area (Å²) < 4.78 is 75.6. The van der Waals surface area contributed by atoms with Crippen LogP contribution in [0.4, 0.5) is 0 Å². The quantitative estimate of drug-likeness (QED) is 0.173. The van der Waals surface area contributed by atoms with Crippen molar-refractivity contribution in [3.8, 4) is 0 Å². The van der Waals surface area contributed by atoms with Crippen molar-refractivity contribution in [2.45, 2.75) is 0 Å². The predicted octanol–water partition coefficient (Wildman–Crippen LogP) is -2.92. The molecule has 0 heterocycles. The van der Waals surface area contributed by atoms with Crippen LogP contribution in [-0.4, -0.2) is 38.9 Å². The average molecular weight is 423 g/mol. The molecule has 0 radical (unpaired) electrons. The van der Waals surface area contributed by atoms with Crippen LogP contribution in [-0.2, 0) is 47.4 Å². The van der Waals surface area contributed by atoms with Gasteiger partial charge in [0.1, 0.15) is 0 Å². The Kier molecular flexibility index (Phi) is 28.4. The van der Waals surface area contributed by atoms with E-state index >= 15 is 0 Å². The van der Waals surface area contributed by atoms with Crippen LogP contribution in [0, 0.1) is 0 Å². The molecule has 0 bridgehead atoms. The van der Waals surface area contributed by atoms with Gasteiger partial charge in [-0.05, 0) is 0 Å². The van der Waals surface area contributed by atoms with E-state index in [0.29, 0.717) is 0 Å². The largest absolute Gasteiger partial charge is 0.330 e. The Labute approximate surface area is 126 Å². The van der Waals surface area contributed by atoms with Crippen molar-refractivity contribution in [1.82, 2.24) is 0 Å². The van der Waals surface area contributed by atoms with Crippen molar-refractivity contribution < 1.29 is 55.4 Å². The molecule has 0 spiro atoms. The van der Waals surface area contributed by atoms with E-state index in [1.54, 1.807) is 0 Å². The summed E-state index contributed by atoms with van der Waals surface area (Å²) in [5, 5.41) is 11.6. The van der Waals surface area contributed by atoms with E-state index in [-0.39, 0.29) is 41.3 Å². The standard InChI is InChI=1S/2ClH.3H3NO3S.Ni/c;;3*1-5(2,3)4;/h2*1H;3*(H3,1,2,3,4);. The van der Waals surface area contributed by atoms with Gasteiger partial charge in [0.25, 0.3) is 0 Å². The van der Waals surface area contributed by atoms with Gasteiger partial charge in [-0.15, -0.1) is 24.8 Å². The predicted molar refractivity (Wildman–Crippen MR) is 61.7 cm³/mol. The second-order valence-corrected chi connectivity index (χ2v) is 4.63. The molecule has 0 rings (SSSR count). The minimum atomic E-state index is -4.17. The first-order valence-electron chi connectivity index (χ1n) is 2.25. The van der Waals surface area contributed by atoms with E-state index in [9.17, 15) is 0 Å². The van der Waals surface area contributed by atoms with Crippen LogP contribution in [0.3, 0.4) is 0 Å². The summed E-state index contributed by atoms with van der Waals surface area (Å²) in [7, 11) is -12.5. The third kappa shape index (κ3) is 8780. The Balaban J connectivity index is -0.0000000277. The van der Waals surface area contributed by atoms with Gasteiger partial charge in [0.05, 0.1) is 0 Å². The molecule has 0 unspecified atom stereocenters. The molecule has 9 N–H and O–H groups in total. The van der Waals surface area contributed by atoms with Gasteiger partial charge < -0.3 is 0 Å². The summed E-state index contributed by atoms with van der Waals surface area (Å²) in [6.07, 6.45) is 0. The fourth-order valence-electron chi connectivity index (χ4n) is 0. The zero-order valence-corrected chi connectivity index (χ0v) is 13.0. The van der Waals surface area contributed by atoms with Crippen LogP contribution < -0.4 is 15.4 Å². The molecule has 18 heavy (non-hydrogen) atoms. The molecule has 0 aromatic heterocycles. The number of nitrogens with two attached hydrogens (primary N) is 3. The fraction of sp³-hybridized carbons (Fsp3) is 0. The molecule has 122 valence electrons. The van der Waals surface area contributed by atoms with Crippen molar-refractivity contribution in [1.29, 1.82) is 0 Å². The SMILES string of the molecule is Cl.Cl.NS(=O)(=O)O.NS(=O)(=O)O.NS(=O)(=O)O.[Ni]. The minimum absolute atomic E-state index is 0. The maximum absolute atomic E-state index is 8.97. The van der Waals surface area contributed by atoms with Crippen LogP contribution in [0.25, 0.3) is 0 Å². The van der Waals surface area contributed by atoms with E-state index in [1.807, 2.05) is 0 Å². The summed E-state index contributed by atoms with van der Waals surface area (Å²) in [5.41, 5.74) is 0. The average Bonchev–Trinajstić information content (AvgIpc) is 1.41. The van der Waals surface area contributed by atoms with E-state index < -0.39 is 30.9 Å². The van der Waals surface area contributed by atoms with E-state index in [4.69, 9.17) is 38.9 Å². The van der Waals surface area contributed by atoms with Crippen LogP contribution in [0.15, 0.2) is 0 Å². The monoisotopic (exact) mass is 421 g/mol. The molecule has 0 fully saturated rings. The summed E-state index contributed by atoms with van der Waals surface area (Å²) in [4.78, 5) is 0. The van der Waals surface area contributed by atoms with Crippen molar-refractivity contribution >= 4 is 55.7 Å². The van der Waals surface area contributed by atoms with Crippen molar-refractivity contribution in [3.63, 3.8) is 0 Å². The molecule has 0 atom stereocenters. The zero-order chi connectivity index (χ0) is 13.5. The van der Waals surface area contributed by atoms with Gasteiger partial charge in [-0.3, -0.25) is 13.7 Å². The van der Waals surface area contributed by atoms with Gasteiger partial charge in [0.2, 0.25) is 0 Å².